The van der Waals surface area contributed by atoms with Gasteiger partial charge in [0.15, 0.2) is 0 Å². The van der Waals surface area contributed by atoms with E-state index in [1.165, 1.54) is 16.7 Å². The van der Waals surface area contributed by atoms with Crippen molar-refractivity contribution in [3.63, 3.8) is 0 Å². The molecule has 1 N–H and O–H groups in total. The number of hydrogen-bond acceptors (Lipinski definition) is 4. The van der Waals surface area contributed by atoms with Crippen molar-refractivity contribution < 1.29 is 9.59 Å². The first-order chi connectivity index (χ1) is 11.6. The van der Waals surface area contributed by atoms with Gasteiger partial charge in [0.1, 0.15) is 11.6 Å². The van der Waals surface area contributed by atoms with E-state index >= 15 is 0 Å². The molecule has 0 bridgehead atoms. The van der Waals surface area contributed by atoms with E-state index in [1.807, 2.05) is 38.1 Å². The summed E-state index contributed by atoms with van der Waals surface area (Å²) >= 11 is 1.45. The second-order valence-corrected chi connectivity index (χ2v) is 7.05. The molecule has 1 aromatic heterocycles. The van der Waals surface area contributed by atoms with Gasteiger partial charge in [-0.25, -0.2) is 4.98 Å². The Hall–Kier alpha value is -2.34. The largest absolute Gasteiger partial charge is 0.354 e. The van der Waals surface area contributed by atoms with Gasteiger partial charge in [-0.1, -0.05) is 37.7 Å². The number of pyridine rings is 1. The predicted octanol–water partition coefficient (Wildman–Crippen LogP) is 2.97. The molecule has 24 heavy (non-hydrogen) atoms. The zero-order chi connectivity index (χ0) is 17.1. The molecule has 5 nitrogen and oxygen atoms in total. The summed E-state index contributed by atoms with van der Waals surface area (Å²) in [7, 11) is 0. The van der Waals surface area contributed by atoms with Gasteiger partial charge in [0.25, 0.3) is 5.91 Å². The van der Waals surface area contributed by atoms with Crippen molar-refractivity contribution in [1.29, 1.82) is 0 Å². The molecule has 3 rings (SSSR count). The first-order valence-corrected chi connectivity index (χ1v) is 8.68. The Labute approximate surface area is 145 Å². The molecular weight excluding hydrogens is 322 g/mol. The smallest absolute Gasteiger partial charge is 0.259 e. The highest BCUT2D eigenvalue weighted by molar-refractivity contribution is 7.99. The summed E-state index contributed by atoms with van der Waals surface area (Å²) in [6.45, 7) is 4.64. The SMILES string of the molecule is CC(C)CNC(=O)CN1C(=O)c2ccccc2Sc2ncccc21. The number of aromatic nitrogens is 1. The van der Waals surface area contributed by atoms with Crippen molar-refractivity contribution in [3.8, 4) is 0 Å². The highest BCUT2D eigenvalue weighted by Crippen LogP contribution is 2.39. The normalized spacial score (nSPS) is 13.3. The van der Waals surface area contributed by atoms with Crippen LogP contribution in [0.25, 0.3) is 0 Å². The standard InChI is InChI=1S/C18H19N3O2S/c1-12(2)10-20-16(22)11-21-14-7-5-9-19-17(14)24-15-8-4-3-6-13(15)18(21)23/h3-9,12H,10-11H2,1-2H3,(H,20,22). The predicted molar refractivity (Wildman–Crippen MR) is 94.3 cm³/mol. The van der Waals surface area contributed by atoms with Crippen molar-refractivity contribution in [2.45, 2.75) is 23.8 Å². The third-order valence-electron chi connectivity index (χ3n) is 3.62. The molecule has 0 saturated heterocycles. The van der Waals surface area contributed by atoms with E-state index < -0.39 is 0 Å². The van der Waals surface area contributed by atoms with Crippen LogP contribution in [0.15, 0.2) is 52.5 Å². The zero-order valence-electron chi connectivity index (χ0n) is 13.7. The minimum atomic E-state index is -0.176. The highest BCUT2D eigenvalue weighted by atomic mass is 32.2. The number of anilines is 1. The molecule has 124 valence electrons. The van der Waals surface area contributed by atoms with E-state index in [2.05, 4.69) is 10.3 Å². The van der Waals surface area contributed by atoms with Crippen LogP contribution in [0.1, 0.15) is 24.2 Å². The van der Waals surface area contributed by atoms with E-state index in [1.54, 1.807) is 18.3 Å². The van der Waals surface area contributed by atoms with Crippen LogP contribution in [-0.4, -0.2) is 29.9 Å². The summed E-state index contributed by atoms with van der Waals surface area (Å²) in [6, 6.07) is 11.0. The molecule has 2 amide bonds. The van der Waals surface area contributed by atoms with Crippen LogP contribution in [0, 0.1) is 5.92 Å². The Morgan fingerprint density at radius 2 is 2.04 bits per heavy atom. The lowest BCUT2D eigenvalue weighted by molar-refractivity contribution is -0.119. The van der Waals surface area contributed by atoms with Gasteiger partial charge in [0, 0.05) is 17.6 Å². The minimum absolute atomic E-state index is 0.0147. The molecular formula is C18H19N3O2S. The number of benzene rings is 1. The van der Waals surface area contributed by atoms with Crippen LogP contribution >= 0.6 is 11.8 Å². The highest BCUT2D eigenvalue weighted by Gasteiger charge is 2.29. The van der Waals surface area contributed by atoms with Gasteiger partial charge >= 0.3 is 0 Å². The topological polar surface area (TPSA) is 62.3 Å². The Bertz CT molecular complexity index is 776. The maximum atomic E-state index is 13.0. The van der Waals surface area contributed by atoms with Crippen LogP contribution in [-0.2, 0) is 4.79 Å². The second kappa shape index (κ2) is 7.05. The Morgan fingerprint density at radius 1 is 1.25 bits per heavy atom. The Morgan fingerprint density at radius 3 is 2.83 bits per heavy atom. The number of nitrogens with one attached hydrogen (secondary N) is 1. The monoisotopic (exact) mass is 341 g/mol. The van der Waals surface area contributed by atoms with Gasteiger partial charge in [-0.2, -0.15) is 0 Å². The second-order valence-electron chi connectivity index (χ2n) is 6.02. The van der Waals surface area contributed by atoms with Gasteiger partial charge in [-0.15, -0.1) is 0 Å². The zero-order valence-corrected chi connectivity index (χ0v) is 14.5. The van der Waals surface area contributed by atoms with E-state index in [0.29, 0.717) is 23.7 Å². The maximum absolute atomic E-state index is 13.0. The van der Waals surface area contributed by atoms with Crippen molar-refractivity contribution in [2.75, 3.05) is 18.0 Å². The molecule has 0 unspecified atom stereocenters. The van der Waals surface area contributed by atoms with E-state index in [9.17, 15) is 9.59 Å². The summed E-state index contributed by atoms with van der Waals surface area (Å²) < 4.78 is 0. The summed E-state index contributed by atoms with van der Waals surface area (Å²) in [5.74, 6) is 0.0137. The quantitative estimate of drug-likeness (QED) is 0.929. The summed E-state index contributed by atoms with van der Waals surface area (Å²) in [6.07, 6.45) is 1.70. The Kier molecular flexibility index (Phi) is 4.85. The number of amides is 2. The fourth-order valence-corrected chi connectivity index (χ4v) is 3.45. The Balaban J connectivity index is 1.94. The van der Waals surface area contributed by atoms with Gasteiger partial charge in [0.2, 0.25) is 5.91 Å². The molecule has 1 aliphatic rings. The van der Waals surface area contributed by atoms with Crippen LogP contribution in [0.5, 0.6) is 0 Å². The number of hydrogen-bond donors (Lipinski definition) is 1. The van der Waals surface area contributed by atoms with Gasteiger partial charge in [0.05, 0.1) is 11.3 Å². The lowest BCUT2D eigenvalue weighted by Gasteiger charge is -2.22. The first-order valence-electron chi connectivity index (χ1n) is 7.86. The number of fused-ring (bicyclic) bond motifs is 2. The molecule has 0 fully saturated rings. The lowest BCUT2D eigenvalue weighted by atomic mass is 10.2. The number of carbonyl (C=O) groups is 2. The van der Waals surface area contributed by atoms with E-state index in [-0.39, 0.29) is 18.4 Å². The number of carbonyl (C=O) groups excluding carboxylic acids is 2. The van der Waals surface area contributed by atoms with Crippen LogP contribution in [0.2, 0.25) is 0 Å². The number of nitrogens with zero attached hydrogens (tertiary/aromatic N) is 2. The van der Waals surface area contributed by atoms with Gasteiger partial charge in [-0.05, 0) is 30.2 Å². The average molecular weight is 341 g/mol. The van der Waals surface area contributed by atoms with Crippen molar-refractivity contribution >= 4 is 29.3 Å². The molecule has 2 aromatic rings. The van der Waals surface area contributed by atoms with Crippen LogP contribution in [0.4, 0.5) is 5.69 Å². The molecule has 0 radical (unpaired) electrons. The van der Waals surface area contributed by atoms with E-state index in [0.717, 1.165) is 9.92 Å². The third-order valence-corrected chi connectivity index (χ3v) is 4.70. The molecule has 6 heteroatoms. The molecule has 0 aliphatic carbocycles. The molecule has 0 saturated carbocycles. The van der Waals surface area contributed by atoms with Gasteiger partial charge in [-0.3, -0.25) is 14.5 Å². The minimum Gasteiger partial charge on any atom is -0.354 e. The van der Waals surface area contributed by atoms with Crippen molar-refractivity contribution in [1.82, 2.24) is 10.3 Å². The van der Waals surface area contributed by atoms with Crippen LogP contribution < -0.4 is 10.2 Å². The van der Waals surface area contributed by atoms with Crippen molar-refractivity contribution in [2.24, 2.45) is 5.92 Å². The van der Waals surface area contributed by atoms with Gasteiger partial charge < -0.3 is 5.32 Å². The maximum Gasteiger partial charge on any atom is 0.259 e. The number of rotatable bonds is 4. The fourth-order valence-electron chi connectivity index (χ4n) is 2.43. The average Bonchev–Trinajstić information content (AvgIpc) is 2.69. The fraction of sp³-hybridized carbons (Fsp3) is 0.278. The lowest BCUT2D eigenvalue weighted by Crippen LogP contribution is -2.41. The molecule has 1 aromatic carbocycles. The summed E-state index contributed by atoms with van der Waals surface area (Å²) in [5, 5.41) is 3.59. The molecule has 2 heterocycles. The first kappa shape index (κ1) is 16.5. The van der Waals surface area contributed by atoms with Crippen LogP contribution in [0.3, 0.4) is 0 Å². The third kappa shape index (κ3) is 3.43. The summed E-state index contributed by atoms with van der Waals surface area (Å²) in [5.41, 5.74) is 1.26. The molecule has 0 atom stereocenters. The van der Waals surface area contributed by atoms with E-state index in [4.69, 9.17) is 0 Å². The molecule has 1 aliphatic heterocycles. The van der Waals surface area contributed by atoms with Crippen molar-refractivity contribution in [3.05, 3.63) is 48.2 Å². The molecule has 0 spiro atoms. The summed E-state index contributed by atoms with van der Waals surface area (Å²) in [4.78, 5) is 32.0.